The summed E-state index contributed by atoms with van der Waals surface area (Å²) in [4.78, 5) is 10.9. The summed E-state index contributed by atoms with van der Waals surface area (Å²) in [5.41, 5.74) is 0.159. The molecule has 0 aliphatic heterocycles. The molecule has 2 rings (SSSR count). The summed E-state index contributed by atoms with van der Waals surface area (Å²) >= 11 is 1.28. The Hall–Kier alpha value is -1.82. The molecule has 82 valence electrons. The van der Waals surface area contributed by atoms with Crippen LogP contribution in [-0.2, 0) is 5.75 Å². The lowest BCUT2D eigenvalue weighted by Crippen LogP contribution is -2.01. The highest BCUT2D eigenvalue weighted by atomic mass is 32.2. The topological polar surface area (TPSA) is 76.2 Å². The van der Waals surface area contributed by atoms with E-state index in [1.165, 1.54) is 24.0 Å². The fraction of sp³-hybridized carbons (Fsp3) is 0.100. The van der Waals surface area contributed by atoms with Gasteiger partial charge in [0.15, 0.2) is 0 Å². The second-order valence-electron chi connectivity index (χ2n) is 2.92. The predicted octanol–water partition coefficient (Wildman–Crippen LogP) is 2.06. The van der Waals surface area contributed by atoms with Crippen molar-refractivity contribution >= 4 is 17.7 Å². The summed E-state index contributed by atoms with van der Waals surface area (Å²) in [6, 6.07) is 5.04. The SMILES string of the molecule is O=C(O)c1ccnnc1SCc1ccco1. The normalized spacial score (nSPS) is 10.2. The zero-order chi connectivity index (χ0) is 11.4. The largest absolute Gasteiger partial charge is 0.478 e. The van der Waals surface area contributed by atoms with Crippen LogP contribution < -0.4 is 0 Å². The number of hydrogen-bond acceptors (Lipinski definition) is 5. The van der Waals surface area contributed by atoms with Crippen molar-refractivity contribution in [1.29, 1.82) is 0 Å². The third-order valence-corrected chi connectivity index (χ3v) is 2.85. The summed E-state index contributed by atoms with van der Waals surface area (Å²) < 4.78 is 5.14. The Morgan fingerprint density at radius 3 is 3.06 bits per heavy atom. The molecule has 0 radical (unpaired) electrons. The van der Waals surface area contributed by atoms with Gasteiger partial charge >= 0.3 is 5.97 Å². The fourth-order valence-electron chi connectivity index (χ4n) is 1.12. The Bertz CT molecular complexity index is 485. The average Bonchev–Trinajstić information content (AvgIpc) is 2.79. The van der Waals surface area contributed by atoms with Crippen LogP contribution in [0.1, 0.15) is 16.1 Å². The molecule has 2 aromatic rings. The Balaban J connectivity index is 2.12. The molecule has 2 aromatic heterocycles. The number of carboxylic acid groups (broad SMARTS) is 1. The van der Waals surface area contributed by atoms with Crippen LogP contribution in [0.3, 0.4) is 0 Å². The molecule has 0 fully saturated rings. The first-order valence-corrected chi connectivity index (χ1v) is 5.46. The molecular weight excluding hydrogens is 228 g/mol. The first-order chi connectivity index (χ1) is 7.77. The van der Waals surface area contributed by atoms with Gasteiger partial charge in [0.2, 0.25) is 0 Å². The number of rotatable bonds is 4. The number of thioether (sulfide) groups is 1. The van der Waals surface area contributed by atoms with Crippen LogP contribution in [-0.4, -0.2) is 21.3 Å². The van der Waals surface area contributed by atoms with E-state index in [9.17, 15) is 4.79 Å². The van der Waals surface area contributed by atoms with Crippen molar-refractivity contribution in [2.45, 2.75) is 10.8 Å². The molecule has 0 saturated carbocycles. The molecule has 0 bridgehead atoms. The average molecular weight is 236 g/mol. The summed E-state index contributed by atoms with van der Waals surface area (Å²) in [5.74, 6) is 0.301. The maximum absolute atomic E-state index is 10.9. The van der Waals surface area contributed by atoms with E-state index in [0.717, 1.165) is 5.76 Å². The third kappa shape index (κ3) is 2.40. The van der Waals surface area contributed by atoms with Crippen molar-refractivity contribution in [2.24, 2.45) is 0 Å². The second-order valence-corrected chi connectivity index (χ2v) is 3.89. The van der Waals surface area contributed by atoms with E-state index in [1.807, 2.05) is 6.07 Å². The van der Waals surface area contributed by atoms with E-state index < -0.39 is 5.97 Å². The smallest absolute Gasteiger partial charge is 0.338 e. The van der Waals surface area contributed by atoms with Gasteiger partial charge in [-0.15, -0.1) is 5.10 Å². The van der Waals surface area contributed by atoms with Gasteiger partial charge in [-0.2, -0.15) is 5.10 Å². The zero-order valence-corrected chi connectivity index (χ0v) is 8.98. The van der Waals surface area contributed by atoms with Crippen molar-refractivity contribution in [1.82, 2.24) is 10.2 Å². The van der Waals surface area contributed by atoms with Gasteiger partial charge in [-0.05, 0) is 18.2 Å². The quantitative estimate of drug-likeness (QED) is 0.819. The molecule has 6 heteroatoms. The molecule has 0 aromatic carbocycles. The molecule has 2 heterocycles. The molecule has 0 spiro atoms. The van der Waals surface area contributed by atoms with E-state index in [0.29, 0.717) is 10.8 Å². The van der Waals surface area contributed by atoms with E-state index in [2.05, 4.69) is 10.2 Å². The summed E-state index contributed by atoms with van der Waals surface area (Å²) in [6.45, 7) is 0. The number of carboxylic acids is 1. The number of nitrogens with zero attached hydrogens (tertiary/aromatic N) is 2. The molecule has 0 aliphatic carbocycles. The third-order valence-electron chi connectivity index (χ3n) is 1.85. The minimum atomic E-state index is -1.00. The number of furan rings is 1. The standard InChI is InChI=1S/C10H8N2O3S/c13-10(14)8-3-4-11-12-9(8)16-6-7-2-1-5-15-7/h1-5H,6H2,(H,13,14). The van der Waals surface area contributed by atoms with Gasteiger partial charge in [0.25, 0.3) is 0 Å². The van der Waals surface area contributed by atoms with Gasteiger partial charge < -0.3 is 9.52 Å². The van der Waals surface area contributed by atoms with Crippen LogP contribution in [0, 0.1) is 0 Å². The van der Waals surface area contributed by atoms with Gasteiger partial charge in [0.05, 0.1) is 23.8 Å². The number of carbonyl (C=O) groups is 1. The van der Waals surface area contributed by atoms with Gasteiger partial charge in [-0.3, -0.25) is 0 Å². The highest BCUT2D eigenvalue weighted by Gasteiger charge is 2.12. The molecule has 1 N–H and O–H groups in total. The lowest BCUT2D eigenvalue weighted by atomic mass is 10.3. The molecule has 0 unspecified atom stereocenters. The van der Waals surface area contributed by atoms with Crippen molar-refractivity contribution in [3.8, 4) is 0 Å². The monoisotopic (exact) mass is 236 g/mol. The van der Waals surface area contributed by atoms with Gasteiger partial charge in [-0.1, -0.05) is 11.8 Å². The summed E-state index contributed by atoms with van der Waals surface area (Å²) in [7, 11) is 0. The van der Waals surface area contributed by atoms with Gasteiger partial charge in [-0.25, -0.2) is 4.79 Å². The first-order valence-electron chi connectivity index (χ1n) is 4.47. The van der Waals surface area contributed by atoms with Crippen molar-refractivity contribution in [2.75, 3.05) is 0 Å². The second kappa shape index (κ2) is 4.80. The van der Waals surface area contributed by atoms with Gasteiger partial charge in [0, 0.05) is 0 Å². The Morgan fingerprint density at radius 2 is 2.38 bits per heavy atom. The summed E-state index contributed by atoms with van der Waals surface area (Å²) in [6.07, 6.45) is 2.94. The minimum absolute atomic E-state index is 0.159. The molecule has 0 amide bonds. The molecular formula is C10H8N2O3S. The lowest BCUT2D eigenvalue weighted by molar-refractivity contribution is 0.0692. The molecule has 5 nitrogen and oxygen atoms in total. The maximum Gasteiger partial charge on any atom is 0.338 e. The Kier molecular flexibility index (Phi) is 3.21. The van der Waals surface area contributed by atoms with Crippen molar-refractivity contribution < 1.29 is 14.3 Å². The number of hydrogen-bond donors (Lipinski definition) is 1. The number of aromatic nitrogens is 2. The highest BCUT2D eigenvalue weighted by molar-refractivity contribution is 7.98. The van der Waals surface area contributed by atoms with Crippen LogP contribution in [0.5, 0.6) is 0 Å². The first kappa shape index (κ1) is 10.7. The van der Waals surface area contributed by atoms with Crippen LogP contribution in [0.2, 0.25) is 0 Å². The maximum atomic E-state index is 10.9. The summed E-state index contributed by atoms with van der Waals surface area (Å²) in [5, 5.41) is 16.8. The molecule has 0 aliphatic rings. The van der Waals surface area contributed by atoms with Crippen LogP contribution in [0.25, 0.3) is 0 Å². The number of aromatic carboxylic acids is 1. The van der Waals surface area contributed by atoms with Crippen LogP contribution in [0.4, 0.5) is 0 Å². The fourth-order valence-corrected chi connectivity index (χ4v) is 1.98. The lowest BCUT2D eigenvalue weighted by Gasteiger charge is -2.01. The van der Waals surface area contributed by atoms with E-state index in [1.54, 1.807) is 12.3 Å². The van der Waals surface area contributed by atoms with Crippen molar-refractivity contribution in [3.05, 3.63) is 42.0 Å². The van der Waals surface area contributed by atoms with Crippen LogP contribution in [0.15, 0.2) is 40.1 Å². The highest BCUT2D eigenvalue weighted by Crippen LogP contribution is 2.23. The molecule has 16 heavy (non-hydrogen) atoms. The molecule has 0 atom stereocenters. The predicted molar refractivity (Wildman–Crippen MR) is 57.3 cm³/mol. The molecule has 0 saturated heterocycles. The van der Waals surface area contributed by atoms with E-state index >= 15 is 0 Å². The zero-order valence-electron chi connectivity index (χ0n) is 8.16. The van der Waals surface area contributed by atoms with Crippen molar-refractivity contribution in [3.63, 3.8) is 0 Å². The van der Waals surface area contributed by atoms with Gasteiger partial charge in [0.1, 0.15) is 10.8 Å². The Labute approximate surface area is 95.5 Å². The van der Waals surface area contributed by atoms with Crippen LogP contribution >= 0.6 is 11.8 Å². The van der Waals surface area contributed by atoms with E-state index in [-0.39, 0.29) is 5.56 Å². The minimum Gasteiger partial charge on any atom is -0.478 e. The van der Waals surface area contributed by atoms with E-state index in [4.69, 9.17) is 9.52 Å². The Morgan fingerprint density at radius 1 is 1.50 bits per heavy atom.